The average molecular weight is 335 g/mol. The molecule has 21 heavy (non-hydrogen) atoms. The van der Waals surface area contributed by atoms with Crippen LogP contribution >= 0.6 is 11.6 Å². The van der Waals surface area contributed by atoms with Gasteiger partial charge in [0.05, 0.1) is 18.5 Å². The fraction of sp³-hybridized carbons (Fsp3) is 0.0833. The van der Waals surface area contributed by atoms with Crippen LogP contribution in [0.2, 0.25) is 5.02 Å². The van der Waals surface area contributed by atoms with Crippen LogP contribution in [0.15, 0.2) is 35.5 Å². The molecule has 0 saturated heterocycles. The van der Waals surface area contributed by atoms with E-state index < -0.39 is 33.2 Å². The van der Waals surface area contributed by atoms with E-state index in [9.17, 15) is 17.2 Å². The molecule has 0 aliphatic rings. The zero-order chi connectivity index (χ0) is 15.6. The van der Waals surface area contributed by atoms with Gasteiger partial charge in [0.2, 0.25) is 0 Å². The Balaban J connectivity index is 2.50. The van der Waals surface area contributed by atoms with E-state index in [1.54, 1.807) is 0 Å². The van der Waals surface area contributed by atoms with Gasteiger partial charge in [-0.1, -0.05) is 11.6 Å². The molecule has 112 valence electrons. The Kier molecular flexibility index (Phi) is 4.40. The van der Waals surface area contributed by atoms with Crippen molar-refractivity contribution in [2.75, 3.05) is 4.72 Å². The number of nitrogens with zero attached hydrogens (tertiary/aromatic N) is 1. The molecule has 0 saturated carbocycles. The lowest BCUT2D eigenvalue weighted by molar-refractivity contribution is 0.274. The zero-order valence-electron chi connectivity index (χ0n) is 10.3. The summed E-state index contributed by atoms with van der Waals surface area (Å²) >= 11 is 5.69. The highest BCUT2D eigenvalue weighted by atomic mass is 35.5. The summed E-state index contributed by atoms with van der Waals surface area (Å²) in [6.07, 6.45) is 1.99. The quantitative estimate of drug-likeness (QED) is 0.899. The van der Waals surface area contributed by atoms with E-state index in [0.29, 0.717) is 0 Å². The Morgan fingerprint density at radius 1 is 1.33 bits per heavy atom. The Labute approximate surface area is 124 Å². The van der Waals surface area contributed by atoms with Crippen LogP contribution in [0.3, 0.4) is 0 Å². The number of sulfonamides is 1. The minimum absolute atomic E-state index is 0.0731. The van der Waals surface area contributed by atoms with Crippen LogP contribution in [0.4, 0.5) is 14.5 Å². The van der Waals surface area contributed by atoms with Crippen LogP contribution in [0.5, 0.6) is 0 Å². The second kappa shape index (κ2) is 5.92. The number of aliphatic hydroxyl groups is 1. The summed E-state index contributed by atoms with van der Waals surface area (Å²) in [6, 6.07) is 3.06. The molecule has 0 spiro atoms. The van der Waals surface area contributed by atoms with E-state index in [2.05, 4.69) is 4.98 Å². The number of hydrogen-bond donors (Lipinski definition) is 2. The van der Waals surface area contributed by atoms with Crippen molar-refractivity contribution in [3.8, 4) is 0 Å². The summed E-state index contributed by atoms with van der Waals surface area (Å²) in [5.74, 6) is -2.06. The maximum atomic E-state index is 14.0. The van der Waals surface area contributed by atoms with Crippen molar-refractivity contribution >= 4 is 27.3 Å². The van der Waals surface area contributed by atoms with E-state index in [4.69, 9.17) is 16.7 Å². The number of aliphatic hydroxyl groups excluding tert-OH is 1. The molecule has 0 unspecified atom stereocenters. The maximum absolute atomic E-state index is 14.0. The molecule has 1 aromatic carbocycles. The predicted molar refractivity (Wildman–Crippen MR) is 72.3 cm³/mol. The monoisotopic (exact) mass is 334 g/mol. The second-order valence-corrected chi connectivity index (χ2v) is 6.08. The number of benzene rings is 1. The topological polar surface area (TPSA) is 79.3 Å². The van der Waals surface area contributed by atoms with Gasteiger partial charge in [0.1, 0.15) is 10.7 Å². The molecule has 0 atom stereocenters. The highest BCUT2D eigenvalue weighted by Crippen LogP contribution is 2.26. The number of halogens is 3. The standard InChI is InChI=1S/C12H9ClF2N2O3S/c13-8-3-7(6-18)12(15)11(4-8)21(19,20)17-10-1-2-16-5-9(10)14/h1-5,18H,6H2,(H,16,17). The van der Waals surface area contributed by atoms with Gasteiger partial charge in [-0.15, -0.1) is 0 Å². The van der Waals surface area contributed by atoms with Crippen LogP contribution in [0.1, 0.15) is 5.56 Å². The third-order valence-corrected chi connectivity index (χ3v) is 4.14. The maximum Gasteiger partial charge on any atom is 0.264 e. The van der Waals surface area contributed by atoms with Crippen LogP contribution in [-0.2, 0) is 16.6 Å². The lowest BCUT2D eigenvalue weighted by atomic mass is 10.2. The van der Waals surface area contributed by atoms with Crippen LogP contribution in [0, 0.1) is 11.6 Å². The Morgan fingerprint density at radius 2 is 2.05 bits per heavy atom. The number of nitrogens with one attached hydrogen (secondary N) is 1. The van der Waals surface area contributed by atoms with Gasteiger partial charge in [-0.3, -0.25) is 9.71 Å². The molecule has 0 bridgehead atoms. The number of anilines is 1. The van der Waals surface area contributed by atoms with Crippen LogP contribution < -0.4 is 4.72 Å². The fourth-order valence-electron chi connectivity index (χ4n) is 1.59. The van der Waals surface area contributed by atoms with Crippen molar-refractivity contribution in [2.45, 2.75) is 11.5 Å². The summed E-state index contributed by atoms with van der Waals surface area (Å²) in [6.45, 7) is -0.724. The molecule has 0 amide bonds. The summed E-state index contributed by atoms with van der Waals surface area (Å²) in [5, 5.41) is 8.91. The van der Waals surface area contributed by atoms with Gasteiger partial charge >= 0.3 is 0 Å². The fourth-order valence-corrected chi connectivity index (χ4v) is 3.11. The van der Waals surface area contributed by atoms with E-state index in [0.717, 1.165) is 24.4 Å². The molecule has 0 aliphatic heterocycles. The van der Waals surface area contributed by atoms with Gasteiger partial charge in [-0.25, -0.2) is 17.2 Å². The zero-order valence-corrected chi connectivity index (χ0v) is 11.9. The first-order valence-corrected chi connectivity index (χ1v) is 7.42. The average Bonchev–Trinajstić information content (AvgIpc) is 2.43. The minimum atomic E-state index is -4.41. The number of aromatic nitrogens is 1. The van der Waals surface area contributed by atoms with Gasteiger partial charge in [-0.2, -0.15) is 0 Å². The van der Waals surface area contributed by atoms with E-state index in [1.807, 2.05) is 4.72 Å². The number of hydrogen-bond acceptors (Lipinski definition) is 4. The summed E-state index contributed by atoms with van der Waals surface area (Å²) in [4.78, 5) is 2.69. The molecule has 1 heterocycles. The smallest absolute Gasteiger partial charge is 0.264 e. The first kappa shape index (κ1) is 15.6. The van der Waals surface area contributed by atoms with Gasteiger partial charge in [0.15, 0.2) is 5.82 Å². The Bertz CT molecular complexity index is 784. The predicted octanol–water partition coefficient (Wildman–Crippen LogP) is 2.31. The highest BCUT2D eigenvalue weighted by Gasteiger charge is 2.23. The number of rotatable bonds is 4. The van der Waals surface area contributed by atoms with Crippen molar-refractivity contribution in [2.24, 2.45) is 0 Å². The normalized spacial score (nSPS) is 11.4. The Hall–Kier alpha value is -1.77. The third-order valence-electron chi connectivity index (χ3n) is 2.56. The van der Waals surface area contributed by atoms with Gasteiger partial charge in [0, 0.05) is 16.8 Å². The molecule has 2 N–H and O–H groups in total. The summed E-state index contributed by atoms with van der Waals surface area (Å²) < 4.78 is 53.6. The molecular weight excluding hydrogens is 326 g/mol. The molecule has 0 fully saturated rings. The molecule has 9 heteroatoms. The van der Waals surface area contributed by atoms with Crippen molar-refractivity contribution in [3.05, 3.63) is 52.8 Å². The molecule has 0 aliphatic carbocycles. The highest BCUT2D eigenvalue weighted by molar-refractivity contribution is 7.92. The third kappa shape index (κ3) is 3.29. The number of pyridine rings is 1. The van der Waals surface area contributed by atoms with Gasteiger partial charge < -0.3 is 5.11 Å². The second-order valence-electron chi connectivity index (χ2n) is 4.00. The van der Waals surface area contributed by atoms with E-state index in [1.165, 1.54) is 6.20 Å². The lowest BCUT2D eigenvalue weighted by Crippen LogP contribution is -2.16. The van der Waals surface area contributed by atoms with Crippen molar-refractivity contribution in [3.63, 3.8) is 0 Å². The molecule has 2 aromatic rings. The van der Waals surface area contributed by atoms with Gasteiger partial charge in [-0.05, 0) is 18.2 Å². The van der Waals surface area contributed by atoms with Crippen molar-refractivity contribution < 1.29 is 22.3 Å². The molecular formula is C12H9ClF2N2O3S. The van der Waals surface area contributed by atoms with Crippen LogP contribution in [-0.4, -0.2) is 18.5 Å². The van der Waals surface area contributed by atoms with Gasteiger partial charge in [0.25, 0.3) is 10.0 Å². The van der Waals surface area contributed by atoms with Crippen molar-refractivity contribution in [1.82, 2.24) is 4.98 Å². The van der Waals surface area contributed by atoms with Crippen LogP contribution in [0.25, 0.3) is 0 Å². The van der Waals surface area contributed by atoms with Crippen molar-refractivity contribution in [1.29, 1.82) is 0 Å². The molecule has 5 nitrogen and oxygen atoms in total. The Morgan fingerprint density at radius 3 is 2.67 bits per heavy atom. The molecule has 1 aromatic heterocycles. The first-order chi connectivity index (χ1) is 9.85. The summed E-state index contributed by atoms with van der Waals surface area (Å²) in [5.41, 5.74) is -0.659. The first-order valence-electron chi connectivity index (χ1n) is 5.56. The SMILES string of the molecule is O=S(=O)(Nc1ccncc1F)c1cc(Cl)cc(CO)c1F. The molecule has 0 radical (unpaired) electrons. The largest absolute Gasteiger partial charge is 0.392 e. The molecule has 2 rings (SSSR count). The van der Waals surface area contributed by atoms with E-state index in [-0.39, 0.29) is 16.3 Å². The van der Waals surface area contributed by atoms with E-state index >= 15 is 0 Å². The lowest BCUT2D eigenvalue weighted by Gasteiger charge is -2.11. The minimum Gasteiger partial charge on any atom is -0.392 e. The summed E-state index contributed by atoms with van der Waals surface area (Å²) in [7, 11) is -4.41.